The lowest BCUT2D eigenvalue weighted by Crippen LogP contribution is -1.97. The van der Waals surface area contributed by atoms with Crippen LogP contribution in [0.5, 0.6) is 17.5 Å². The third kappa shape index (κ3) is 3.20. The molecule has 1 aromatic carbocycles. The van der Waals surface area contributed by atoms with Gasteiger partial charge in [-0.05, 0) is 24.6 Å². The molecule has 4 nitrogen and oxygen atoms in total. The van der Waals surface area contributed by atoms with Crippen molar-refractivity contribution in [1.29, 1.82) is 0 Å². The van der Waals surface area contributed by atoms with Crippen LogP contribution in [0.2, 0.25) is 0 Å². The third-order valence-corrected chi connectivity index (χ3v) is 2.83. The first-order valence-electron chi connectivity index (χ1n) is 5.60. The summed E-state index contributed by atoms with van der Waals surface area (Å²) in [4.78, 5) is 8.25. The molecule has 94 valence electrons. The Morgan fingerprint density at radius 3 is 2.39 bits per heavy atom. The van der Waals surface area contributed by atoms with E-state index in [9.17, 15) is 0 Å². The molecule has 0 amide bonds. The molecule has 2 aromatic rings. The Hall–Kier alpha value is -1.62. The molecule has 0 bridgehead atoms. The number of benzene rings is 1. The molecule has 0 N–H and O–H groups in total. The summed E-state index contributed by atoms with van der Waals surface area (Å²) < 4.78 is 11.1. The summed E-state index contributed by atoms with van der Waals surface area (Å²) >= 11 is 3.34. The fraction of sp³-hybridized carbons (Fsp3) is 0.231. The Bertz CT molecular complexity index is 503. The van der Waals surface area contributed by atoms with Gasteiger partial charge in [0.25, 0.3) is 0 Å². The molecular weight excluding hydrogens is 296 g/mol. The molecule has 0 spiro atoms. The lowest BCUT2D eigenvalue weighted by molar-refractivity contribution is 0.317. The molecule has 18 heavy (non-hydrogen) atoms. The summed E-state index contributed by atoms with van der Waals surface area (Å²) in [6.07, 6.45) is 3.45. The molecule has 2 rings (SSSR count). The number of ether oxygens (including phenoxy) is 2. The average Bonchev–Trinajstić information content (AvgIpc) is 2.42. The Balaban J connectivity index is 2.17. The van der Waals surface area contributed by atoms with Gasteiger partial charge in [0.15, 0.2) is 11.5 Å². The normalized spacial score (nSPS) is 10.1. The van der Waals surface area contributed by atoms with Crippen molar-refractivity contribution >= 4 is 15.9 Å². The molecule has 1 heterocycles. The van der Waals surface area contributed by atoms with E-state index in [1.807, 2.05) is 31.2 Å². The highest BCUT2D eigenvalue weighted by atomic mass is 79.9. The van der Waals surface area contributed by atoms with Crippen LogP contribution < -0.4 is 9.47 Å². The van der Waals surface area contributed by atoms with Gasteiger partial charge in [0.1, 0.15) is 0 Å². The predicted molar refractivity (Wildman–Crippen MR) is 72.3 cm³/mol. The number of para-hydroxylation sites is 2. The van der Waals surface area contributed by atoms with Crippen LogP contribution in [0.3, 0.4) is 0 Å². The van der Waals surface area contributed by atoms with Gasteiger partial charge in [0.05, 0.1) is 6.61 Å². The maximum atomic E-state index is 5.60. The summed E-state index contributed by atoms with van der Waals surface area (Å²) in [6.45, 7) is 2.52. The van der Waals surface area contributed by atoms with Crippen molar-refractivity contribution in [2.24, 2.45) is 0 Å². The van der Waals surface area contributed by atoms with E-state index in [0.29, 0.717) is 24.1 Å². The molecule has 1 aromatic heterocycles. The Morgan fingerprint density at radius 1 is 1.11 bits per heavy atom. The van der Waals surface area contributed by atoms with Crippen molar-refractivity contribution in [3.8, 4) is 17.5 Å². The summed E-state index contributed by atoms with van der Waals surface area (Å²) in [7, 11) is 0. The van der Waals surface area contributed by atoms with Gasteiger partial charge in [-0.3, -0.25) is 0 Å². The van der Waals surface area contributed by atoms with Crippen molar-refractivity contribution < 1.29 is 9.47 Å². The van der Waals surface area contributed by atoms with E-state index in [1.165, 1.54) is 0 Å². The number of nitrogens with zero attached hydrogens (tertiary/aromatic N) is 2. The van der Waals surface area contributed by atoms with E-state index >= 15 is 0 Å². The van der Waals surface area contributed by atoms with Crippen molar-refractivity contribution in [2.75, 3.05) is 6.61 Å². The summed E-state index contributed by atoms with van der Waals surface area (Å²) in [5, 5.41) is 0.725. The smallest absolute Gasteiger partial charge is 0.322 e. The second kappa shape index (κ2) is 6.35. The number of hydrogen-bond donors (Lipinski definition) is 0. The highest BCUT2D eigenvalue weighted by Gasteiger charge is 2.06. The molecule has 0 saturated heterocycles. The Labute approximate surface area is 114 Å². The molecule has 0 radical (unpaired) electrons. The van der Waals surface area contributed by atoms with Crippen molar-refractivity contribution in [2.45, 2.75) is 12.3 Å². The van der Waals surface area contributed by atoms with Crippen LogP contribution in [0.1, 0.15) is 12.5 Å². The first-order valence-corrected chi connectivity index (χ1v) is 6.72. The van der Waals surface area contributed by atoms with E-state index in [1.54, 1.807) is 12.4 Å². The second-order valence-corrected chi connectivity index (χ2v) is 4.05. The summed E-state index contributed by atoms with van der Waals surface area (Å²) in [5.41, 5.74) is 1.00. The van der Waals surface area contributed by atoms with E-state index in [-0.39, 0.29) is 0 Å². The molecule has 0 aliphatic carbocycles. The van der Waals surface area contributed by atoms with Crippen LogP contribution in [-0.2, 0) is 5.33 Å². The van der Waals surface area contributed by atoms with Crippen molar-refractivity contribution in [3.05, 3.63) is 42.2 Å². The van der Waals surface area contributed by atoms with E-state index < -0.39 is 0 Å². The highest BCUT2D eigenvalue weighted by Crippen LogP contribution is 2.29. The quantitative estimate of drug-likeness (QED) is 0.792. The largest absolute Gasteiger partial charge is 0.490 e. The van der Waals surface area contributed by atoms with E-state index in [0.717, 1.165) is 10.9 Å². The lowest BCUT2D eigenvalue weighted by atomic mass is 10.3. The maximum absolute atomic E-state index is 5.60. The van der Waals surface area contributed by atoms with Crippen LogP contribution in [0.15, 0.2) is 36.7 Å². The SMILES string of the molecule is CCOc1ccccc1Oc1ncc(CBr)cn1. The van der Waals surface area contributed by atoms with Gasteiger partial charge < -0.3 is 9.47 Å². The minimum Gasteiger partial charge on any atom is -0.490 e. The second-order valence-electron chi connectivity index (χ2n) is 3.49. The number of aromatic nitrogens is 2. The van der Waals surface area contributed by atoms with Gasteiger partial charge in [-0.25, -0.2) is 9.97 Å². The van der Waals surface area contributed by atoms with Gasteiger partial charge in [-0.2, -0.15) is 0 Å². The zero-order valence-electron chi connectivity index (χ0n) is 9.97. The first-order chi connectivity index (χ1) is 8.83. The number of hydrogen-bond acceptors (Lipinski definition) is 4. The molecule has 0 saturated carbocycles. The van der Waals surface area contributed by atoms with Crippen molar-refractivity contribution in [1.82, 2.24) is 9.97 Å². The molecule has 0 unspecified atom stereocenters. The maximum Gasteiger partial charge on any atom is 0.322 e. The molecule has 0 fully saturated rings. The standard InChI is InChI=1S/C13H13BrN2O2/c1-2-17-11-5-3-4-6-12(11)18-13-15-8-10(7-14)9-16-13/h3-6,8-9H,2,7H2,1H3. The average molecular weight is 309 g/mol. The minimum atomic E-state index is 0.312. The topological polar surface area (TPSA) is 44.2 Å². The number of halogens is 1. The van der Waals surface area contributed by atoms with Gasteiger partial charge in [-0.1, -0.05) is 28.1 Å². The fourth-order valence-corrected chi connectivity index (χ4v) is 1.66. The predicted octanol–water partition coefficient (Wildman–Crippen LogP) is 3.56. The lowest BCUT2D eigenvalue weighted by Gasteiger charge is -2.09. The Morgan fingerprint density at radius 2 is 1.78 bits per heavy atom. The number of rotatable bonds is 5. The monoisotopic (exact) mass is 308 g/mol. The highest BCUT2D eigenvalue weighted by molar-refractivity contribution is 9.08. The molecule has 0 aliphatic rings. The molecule has 0 atom stereocenters. The van der Waals surface area contributed by atoms with Gasteiger partial charge >= 0.3 is 6.01 Å². The van der Waals surface area contributed by atoms with E-state index in [4.69, 9.17) is 9.47 Å². The molecule has 0 aliphatic heterocycles. The van der Waals surface area contributed by atoms with Crippen molar-refractivity contribution in [3.63, 3.8) is 0 Å². The van der Waals surface area contributed by atoms with Gasteiger partial charge in [-0.15, -0.1) is 0 Å². The first kappa shape index (κ1) is 12.8. The zero-order valence-corrected chi connectivity index (χ0v) is 11.6. The van der Waals surface area contributed by atoms with Crippen LogP contribution in [0.4, 0.5) is 0 Å². The molecule has 5 heteroatoms. The molecular formula is C13H13BrN2O2. The van der Waals surface area contributed by atoms with Gasteiger partial charge in [0.2, 0.25) is 0 Å². The van der Waals surface area contributed by atoms with Crippen LogP contribution in [0, 0.1) is 0 Å². The fourth-order valence-electron chi connectivity index (χ4n) is 1.37. The van der Waals surface area contributed by atoms with Crippen LogP contribution in [-0.4, -0.2) is 16.6 Å². The third-order valence-electron chi connectivity index (χ3n) is 2.19. The van der Waals surface area contributed by atoms with E-state index in [2.05, 4.69) is 25.9 Å². The zero-order chi connectivity index (χ0) is 12.8. The van der Waals surface area contributed by atoms with Gasteiger partial charge in [0, 0.05) is 17.7 Å². The van der Waals surface area contributed by atoms with Crippen LogP contribution >= 0.6 is 15.9 Å². The minimum absolute atomic E-state index is 0.312. The summed E-state index contributed by atoms with van der Waals surface area (Å²) in [5.74, 6) is 1.30. The van der Waals surface area contributed by atoms with Crippen LogP contribution in [0.25, 0.3) is 0 Å². The number of alkyl halides is 1. The Kier molecular flexibility index (Phi) is 4.52. The summed E-state index contributed by atoms with van der Waals surface area (Å²) in [6, 6.07) is 7.77.